The zero-order valence-corrected chi connectivity index (χ0v) is 19.2. The number of nitrogens with zero attached hydrogens (tertiary/aromatic N) is 3. The normalized spacial score (nSPS) is 13.8. The van der Waals surface area contributed by atoms with Crippen LogP contribution < -0.4 is 15.0 Å². The molecule has 1 aromatic heterocycles. The van der Waals surface area contributed by atoms with E-state index in [-0.39, 0.29) is 30.5 Å². The number of carbonyl (C=O) groups is 3. The highest BCUT2D eigenvalue weighted by Gasteiger charge is 2.28. The lowest BCUT2D eigenvalue weighted by Gasteiger charge is -2.31. The minimum Gasteiger partial charge on any atom is -0.391 e. The number of hydrogen-bond acceptors (Lipinski definition) is 6. The van der Waals surface area contributed by atoms with Crippen LogP contribution in [0.15, 0.2) is 48.7 Å². The lowest BCUT2D eigenvalue weighted by Crippen LogP contribution is -2.42. The number of aromatic nitrogens is 1. The maximum absolute atomic E-state index is 12.5. The molecule has 0 aliphatic carbocycles. The molecule has 2 aromatic rings. The molecule has 0 unspecified atom stereocenters. The molecule has 33 heavy (non-hydrogen) atoms. The van der Waals surface area contributed by atoms with Gasteiger partial charge in [-0.2, -0.15) is 0 Å². The summed E-state index contributed by atoms with van der Waals surface area (Å²) >= 11 is 0. The van der Waals surface area contributed by atoms with Crippen LogP contribution in [-0.4, -0.2) is 61.1 Å². The van der Waals surface area contributed by atoms with Gasteiger partial charge in [-0.15, -0.1) is 0 Å². The molecule has 0 radical (unpaired) electrons. The molecule has 0 atom stereocenters. The summed E-state index contributed by atoms with van der Waals surface area (Å²) in [5.41, 5.74) is 0.678. The van der Waals surface area contributed by atoms with Crippen LogP contribution in [0.4, 0.5) is 16.2 Å². The number of carbonyl (C=O) groups excluding carboxylic acids is 3. The number of hydrogen-bond donors (Lipinski definition) is 1. The molecule has 176 valence electrons. The molecule has 0 spiro atoms. The highest BCUT2D eigenvalue weighted by Crippen LogP contribution is 2.27. The van der Waals surface area contributed by atoms with Crippen LogP contribution in [0.5, 0.6) is 5.88 Å². The van der Waals surface area contributed by atoms with E-state index >= 15 is 0 Å². The Hall–Kier alpha value is -3.46. The molecule has 3 rings (SSSR count). The summed E-state index contributed by atoms with van der Waals surface area (Å²) in [6.45, 7) is 6.07. The van der Waals surface area contributed by atoms with E-state index in [2.05, 4.69) is 10.3 Å². The summed E-state index contributed by atoms with van der Waals surface area (Å²) in [5.74, 6) is -0.0632. The van der Waals surface area contributed by atoms with Crippen molar-refractivity contribution in [2.24, 2.45) is 5.41 Å². The molecule has 3 amide bonds. The van der Waals surface area contributed by atoms with Gasteiger partial charge in [-0.3, -0.25) is 14.5 Å². The standard InChI is InChI=1S/C24H30N4O5/c1-24(2,16-22(30)28-11-13-32-14-12-28)15-20(29)26-18-9-10-21(25-17-18)33-23(31)27(3)19-7-5-4-6-8-19/h4-10,17H,11-16H2,1-3H3,(H,26,29). The molecule has 1 aliphatic heterocycles. The van der Waals surface area contributed by atoms with Gasteiger partial charge >= 0.3 is 6.09 Å². The number of para-hydroxylation sites is 1. The number of ether oxygens (including phenoxy) is 2. The van der Waals surface area contributed by atoms with Gasteiger partial charge in [0.2, 0.25) is 17.7 Å². The number of anilines is 2. The first kappa shape index (κ1) is 24.2. The van der Waals surface area contributed by atoms with Gasteiger partial charge < -0.3 is 19.7 Å². The van der Waals surface area contributed by atoms with Gasteiger partial charge in [-0.05, 0) is 23.6 Å². The molecule has 9 nitrogen and oxygen atoms in total. The molecule has 1 N–H and O–H groups in total. The number of rotatable bonds is 7. The second-order valence-corrected chi connectivity index (χ2v) is 8.71. The van der Waals surface area contributed by atoms with Crippen LogP contribution in [0.25, 0.3) is 0 Å². The second kappa shape index (κ2) is 10.9. The lowest BCUT2D eigenvalue weighted by atomic mass is 9.84. The van der Waals surface area contributed by atoms with Crippen molar-refractivity contribution in [3.8, 4) is 5.88 Å². The Morgan fingerprint density at radius 3 is 2.42 bits per heavy atom. The summed E-state index contributed by atoms with van der Waals surface area (Å²) in [4.78, 5) is 44.6. The van der Waals surface area contributed by atoms with Crippen molar-refractivity contribution in [3.05, 3.63) is 48.7 Å². The molecule has 9 heteroatoms. The van der Waals surface area contributed by atoms with E-state index in [9.17, 15) is 14.4 Å². The Kier molecular flexibility index (Phi) is 8.00. The average Bonchev–Trinajstić information content (AvgIpc) is 2.80. The van der Waals surface area contributed by atoms with Gasteiger partial charge in [-0.25, -0.2) is 9.78 Å². The molecule has 1 fully saturated rings. The highest BCUT2D eigenvalue weighted by molar-refractivity contribution is 5.91. The molecular formula is C24H30N4O5. The third-order valence-electron chi connectivity index (χ3n) is 5.26. The van der Waals surface area contributed by atoms with E-state index in [4.69, 9.17) is 9.47 Å². The van der Waals surface area contributed by atoms with Crippen molar-refractivity contribution in [2.75, 3.05) is 43.6 Å². The summed E-state index contributed by atoms with van der Waals surface area (Å²) in [6, 6.07) is 12.2. The minimum absolute atomic E-state index is 0.0319. The monoisotopic (exact) mass is 454 g/mol. The number of benzene rings is 1. The molecular weight excluding hydrogens is 424 g/mol. The minimum atomic E-state index is -0.572. The SMILES string of the molecule is CN(C(=O)Oc1ccc(NC(=O)CC(C)(C)CC(=O)N2CCOCC2)cn1)c1ccccc1. The average molecular weight is 455 g/mol. The topological polar surface area (TPSA) is 101 Å². The Morgan fingerprint density at radius 2 is 1.79 bits per heavy atom. The van der Waals surface area contributed by atoms with Crippen LogP contribution in [0.2, 0.25) is 0 Å². The number of morpholine rings is 1. The predicted octanol–water partition coefficient (Wildman–Crippen LogP) is 3.32. The fourth-order valence-corrected chi connectivity index (χ4v) is 3.47. The number of nitrogens with one attached hydrogen (secondary N) is 1. The van der Waals surface area contributed by atoms with E-state index in [1.54, 1.807) is 30.1 Å². The van der Waals surface area contributed by atoms with Gasteiger partial charge in [-0.1, -0.05) is 32.0 Å². The molecule has 0 saturated carbocycles. The van der Waals surface area contributed by atoms with Crippen LogP contribution in [0.1, 0.15) is 26.7 Å². The van der Waals surface area contributed by atoms with E-state index in [1.165, 1.54) is 17.2 Å². The smallest absolute Gasteiger partial charge is 0.391 e. The summed E-state index contributed by atoms with van der Waals surface area (Å²) < 4.78 is 10.6. The molecule has 1 saturated heterocycles. The fraction of sp³-hybridized carbons (Fsp3) is 0.417. The second-order valence-electron chi connectivity index (χ2n) is 8.71. The number of pyridine rings is 1. The Morgan fingerprint density at radius 1 is 1.09 bits per heavy atom. The fourth-order valence-electron chi connectivity index (χ4n) is 3.47. The zero-order valence-electron chi connectivity index (χ0n) is 19.2. The highest BCUT2D eigenvalue weighted by atomic mass is 16.6. The van der Waals surface area contributed by atoms with Crippen LogP contribution in [-0.2, 0) is 14.3 Å². The van der Waals surface area contributed by atoms with Crippen LogP contribution >= 0.6 is 0 Å². The molecule has 1 aromatic carbocycles. The van der Waals surface area contributed by atoms with E-state index in [0.717, 1.165) is 0 Å². The van der Waals surface area contributed by atoms with Crippen molar-refractivity contribution in [2.45, 2.75) is 26.7 Å². The van der Waals surface area contributed by atoms with E-state index in [1.807, 2.05) is 32.0 Å². The van der Waals surface area contributed by atoms with Crippen LogP contribution in [0.3, 0.4) is 0 Å². The summed E-state index contributed by atoms with van der Waals surface area (Å²) in [6.07, 6.45) is 1.32. The van der Waals surface area contributed by atoms with Gasteiger partial charge in [0.15, 0.2) is 0 Å². The Bertz CT molecular complexity index is 957. The first-order valence-electron chi connectivity index (χ1n) is 10.9. The van der Waals surface area contributed by atoms with Crippen molar-refractivity contribution < 1.29 is 23.9 Å². The van der Waals surface area contributed by atoms with Gasteiger partial charge in [0.25, 0.3) is 0 Å². The maximum Gasteiger partial charge on any atom is 0.420 e. The van der Waals surface area contributed by atoms with Crippen LogP contribution in [0, 0.1) is 5.41 Å². The van der Waals surface area contributed by atoms with Crippen molar-refractivity contribution >= 4 is 29.3 Å². The van der Waals surface area contributed by atoms with Gasteiger partial charge in [0, 0.05) is 44.7 Å². The van der Waals surface area contributed by atoms with E-state index in [0.29, 0.717) is 37.7 Å². The van der Waals surface area contributed by atoms with Crippen molar-refractivity contribution in [1.82, 2.24) is 9.88 Å². The maximum atomic E-state index is 12.5. The first-order chi connectivity index (χ1) is 15.7. The van der Waals surface area contributed by atoms with Crippen molar-refractivity contribution in [1.29, 1.82) is 0 Å². The lowest BCUT2D eigenvalue weighted by molar-refractivity contribution is -0.137. The quantitative estimate of drug-likeness (QED) is 0.689. The van der Waals surface area contributed by atoms with Gasteiger partial charge in [0.05, 0.1) is 25.1 Å². The van der Waals surface area contributed by atoms with Gasteiger partial charge in [0.1, 0.15) is 0 Å². The molecule has 1 aliphatic rings. The third kappa shape index (κ3) is 7.28. The third-order valence-corrected chi connectivity index (χ3v) is 5.26. The van der Waals surface area contributed by atoms with E-state index < -0.39 is 11.5 Å². The largest absolute Gasteiger partial charge is 0.420 e. The first-order valence-corrected chi connectivity index (χ1v) is 10.9. The van der Waals surface area contributed by atoms with Crippen molar-refractivity contribution in [3.63, 3.8) is 0 Å². The predicted molar refractivity (Wildman–Crippen MR) is 124 cm³/mol. The molecule has 0 bridgehead atoms. The Balaban J connectivity index is 1.49. The summed E-state index contributed by atoms with van der Waals surface area (Å²) in [5, 5.41) is 2.78. The number of amides is 3. The zero-order chi connectivity index (χ0) is 23.8. The Labute approximate surface area is 193 Å². The summed E-state index contributed by atoms with van der Waals surface area (Å²) in [7, 11) is 1.61. The molecule has 2 heterocycles.